The largest absolute Gasteiger partial charge is 0.481 e. The lowest BCUT2D eigenvalue weighted by Gasteiger charge is -2.35. The Morgan fingerprint density at radius 3 is 2.67 bits per heavy atom. The highest BCUT2D eigenvalue weighted by Crippen LogP contribution is 2.41. The minimum atomic E-state index is -0.412. The van der Waals surface area contributed by atoms with Crippen molar-refractivity contribution in [3.05, 3.63) is 42.4 Å². The summed E-state index contributed by atoms with van der Waals surface area (Å²) < 4.78 is 19.3. The second kappa shape index (κ2) is 7.94. The molecule has 1 saturated heterocycles. The van der Waals surface area contributed by atoms with Gasteiger partial charge in [-0.15, -0.1) is 0 Å². The molecule has 154 valence electrons. The molecule has 2 N–H and O–H groups in total. The molecule has 0 bridgehead atoms. The van der Waals surface area contributed by atoms with Gasteiger partial charge in [-0.05, 0) is 30.9 Å². The van der Waals surface area contributed by atoms with E-state index < -0.39 is 5.79 Å². The number of nitrogen functional groups attached to an aromatic ring is 1. The van der Waals surface area contributed by atoms with Gasteiger partial charge in [0.25, 0.3) is 0 Å². The van der Waals surface area contributed by atoms with Gasteiger partial charge in [0, 0.05) is 12.8 Å². The first-order valence-corrected chi connectivity index (χ1v) is 10.2. The van der Waals surface area contributed by atoms with Crippen molar-refractivity contribution in [3.8, 4) is 17.6 Å². The van der Waals surface area contributed by atoms with Gasteiger partial charge in [-0.1, -0.05) is 24.1 Å². The van der Waals surface area contributed by atoms with Crippen molar-refractivity contribution in [1.29, 1.82) is 0 Å². The maximum Gasteiger partial charge on any atom is 0.168 e. The van der Waals surface area contributed by atoms with Crippen LogP contribution in [-0.4, -0.2) is 45.4 Å². The van der Waals surface area contributed by atoms with Gasteiger partial charge in [0.15, 0.2) is 11.4 Å². The number of hydrogen-bond donors (Lipinski definition) is 1. The SMILES string of the molecule is Nc1ncnc2c1c(C#CCOc1ccccc1)nn2C1CCC2(CC1)OCCO2. The van der Waals surface area contributed by atoms with Crippen LogP contribution in [0.25, 0.3) is 11.0 Å². The monoisotopic (exact) mass is 405 g/mol. The molecule has 2 fully saturated rings. The lowest BCUT2D eigenvalue weighted by Crippen LogP contribution is -2.36. The summed E-state index contributed by atoms with van der Waals surface area (Å²) in [5.74, 6) is 6.86. The van der Waals surface area contributed by atoms with Crippen molar-refractivity contribution in [1.82, 2.24) is 19.7 Å². The average Bonchev–Trinajstić information content (AvgIpc) is 3.39. The van der Waals surface area contributed by atoms with Crippen LogP contribution < -0.4 is 10.5 Å². The number of anilines is 1. The minimum Gasteiger partial charge on any atom is -0.481 e. The van der Waals surface area contributed by atoms with Gasteiger partial charge in [-0.2, -0.15) is 5.10 Å². The molecule has 0 amide bonds. The van der Waals surface area contributed by atoms with Crippen molar-refractivity contribution in [2.45, 2.75) is 37.5 Å². The maximum absolute atomic E-state index is 6.15. The first-order valence-electron chi connectivity index (χ1n) is 10.2. The van der Waals surface area contributed by atoms with Crippen molar-refractivity contribution in [2.24, 2.45) is 0 Å². The fraction of sp³-hybridized carbons (Fsp3) is 0.409. The Hall–Kier alpha value is -3.15. The molecule has 1 aromatic carbocycles. The first-order chi connectivity index (χ1) is 14.7. The van der Waals surface area contributed by atoms with Gasteiger partial charge < -0.3 is 19.9 Å². The summed E-state index contributed by atoms with van der Waals surface area (Å²) in [7, 11) is 0. The highest BCUT2D eigenvalue weighted by molar-refractivity contribution is 5.90. The molecule has 0 unspecified atom stereocenters. The van der Waals surface area contributed by atoms with E-state index in [1.807, 2.05) is 35.0 Å². The van der Waals surface area contributed by atoms with Crippen molar-refractivity contribution in [2.75, 3.05) is 25.6 Å². The molecule has 1 spiro atoms. The summed E-state index contributed by atoms with van der Waals surface area (Å²) in [5, 5.41) is 5.45. The van der Waals surface area contributed by atoms with E-state index >= 15 is 0 Å². The van der Waals surface area contributed by atoms with Crippen LogP contribution >= 0.6 is 0 Å². The predicted octanol–water partition coefficient (Wildman–Crippen LogP) is 2.70. The van der Waals surface area contributed by atoms with Crippen LogP contribution in [0.5, 0.6) is 5.75 Å². The van der Waals surface area contributed by atoms with E-state index in [1.165, 1.54) is 6.33 Å². The zero-order valence-electron chi connectivity index (χ0n) is 16.6. The van der Waals surface area contributed by atoms with E-state index in [-0.39, 0.29) is 12.6 Å². The molecule has 1 aliphatic heterocycles. The number of hydrogen-bond acceptors (Lipinski definition) is 7. The second-order valence-electron chi connectivity index (χ2n) is 7.49. The van der Waals surface area contributed by atoms with Crippen LogP contribution in [0.4, 0.5) is 5.82 Å². The molecule has 8 nitrogen and oxygen atoms in total. The number of nitrogens with two attached hydrogens (primary N) is 1. The lowest BCUT2D eigenvalue weighted by atomic mass is 9.90. The molecule has 30 heavy (non-hydrogen) atoms. The van der Waals surface area contributed by atoms with E-state index in [1.54, 1.807) is 0 Å². The minimum absolute atomic E-state index is 0.191. The summed E-state index contributed by atoms with van der Waals surface area (Å²) in [6.07, 6.45) is 4.94. The third kappa shape index (κ3) is 3.58. The molecule has 0 atom stereocenters. The lowest BCUT2D eigenvalue weighted by molar-refractivity contribution is -0.181. The van der Waals surface area contributed by atoms with Crippen LogP contribution in [0, 0.1) is 11.8 Å². The zero-order chi connectivity index (χ0) is 20.4. The first kappa shape index (κ1) is 18.9. The summed E-state index contributed by atoms with van der Waals surface area (Å²) >= 11 is 0. The van der Waals surface area contributed by atoms with Crippen LogP contribution in [-0.2, 0) is 9.47 Å². The summed E-state index contributed by atoms with van der Waals surface area (Å²) in [6.45, 7) is 1.60. The standard InChI is InChI=1S/C22H23N5O3/c23-20-19-18(7-4-12-28-17-5-2-1-3-6-17)26-27(21(19)25-15-24-20)16-8-10-22(11-9-16)29-13-14-30-22/h1-3,5-6,15-16H,8-14H2,(H2,23,24,25). The molecule has 2 aliphatic rings. The Morgan fingerprint density at radius 1 is 1.13 bits per heavy atom. The molecule has 1 saturated carbocycles. The van der Waals surface area contributed by atoms with E-state index in [2.05, 4.69) is 21.8 Å². The molecular weight excluding hydrogens is 382 g/mol. The fourth-order valence-corrected chi connectivity index (χ4v) is 4.17. The number of benzene rings is 1. The fourth-order valence-electron chi connectivity index (χ4n) is 4.17. The Kier molecular flexibility index (Phi) is 4.99. The number of ether oxygens (including phenoxy) is 3. The predicted molar refractivity (Wildman–Crippen MR) is 111 cm³/mol. The third-order valence-corrected chi connectivity index (χ3v) is 5.66. The Balaban J connectivity index is 1.38. The van der Waals surface area contributed by atoms with Gasteiger partial charge in [-0.3, -0.25) is 0 Å². The molecule has 5 rings (SSSR count). The van der Waals surface area contributed by atoms with Gasteiger partial charge in [-0.25, -0.2) is 14.6 Å². The number of rotatable bonds is 3. The normalized spacial score (nSPS) is 18.4. The summed E-state index contributed by atoms with van der Waals surface area (Å²) in [6, 6.07) is 9.77. The zero-order valence-corrected chi connectivity index (χ0v) is 16.6. The number of nitrogens with zero attached hydrogens (tertiary/aromatic N) is 4. The van der Waals surface area contributed by atoms with Crippen LogP contribution in [0.3, 0.4) is 0 Å². The quantitative estimate of drug-likeness (QED) is 0.669. The average molecular weight is 405 g/mol. The van der Waals surface area contributed by atoms with E-state index in [4.69, 9.17) is 25.0 Å². The van der Waals surface area contributed by atoms with Crippen LogP contribution in [0.1, 0.15) is 37.4 Å². The molecule has 8 heteroatoms. The van der Waals surface area contributed by atoms with Crippen molar-refractivity contribution >= 4 is 16.9 Å². The van der Waals surface area contributed by atoms with E-state index in [0.29, 0.717) is 35.8 Å². The highest BCUT2D eigenvalue weighted by atomic mass is 16.7. The van der Waals surface area contributed by atoms with Crippen molar-refractivity contribution in [3.63, 3.8) is 0 Å². The van der Waals surface area contributed by atoms with Gasteiger partial charge in [0.05, 0.1) is 24.6 Å². The maximum atomic E-state index is 6.15. The van der Waals surface area contributed by atoms with Gasteiger partial charge >= 0.3 is 0 Å². The van der Waals surface area contributed by atoms with Crippen LogP contribution in [0.15, 0.2) is 36.7 Å². The topological polar surface area (TPSA) is 97.3 Å². The van der Waals surface area contributed by atoms with E-state index in [0.717, 1.165) is 31.4 Å². The molecular formula is C22H23N5O3. The summed E-state index contributed by atoms with van der Waals surface area (Å²) in [5.41, 5.74) is 7.44. The molecule has 1 aliphatic carbocycles. The Bertz CT molecular complexity index is 1090. The Labute approximate surface area is 174 Å². The molecule has 0 radical (unpaired) electrons. The summed E-state index contributed by atoms with van der Waals surface area (Å²) in [4.78, 5) is 8.58. The number of para-hydroxylation sites is 1. The van der Waals surface area contributed by atoms with Crippen molar-refractivity contribution < 1.29 is 14.2 Å². The number of aromatic nitrogens is 4. The van der Waals surface area contributed by atoms with E-state index in [9.17, 15) is 0 Å². The second-order valence-corrected chi connectivity index (χ2v) is 7.49. The smallest absolute Gasteiger partial charge is 0.168 e. The third-order valence-electron chi connectivity index (χ3n) is 5.66. The highest BCUT2D eigenvalue weighted by Gasteiger charge is 2.41. The number of fused-ring (bicyclic) bond motifs is 1. The van der Waals surface area contributed by atoms with Gasteiger partial charge in [0.1, 0.15) is 30.2 Å². The molecule has 3 heterocycles. The molecule has 2 aromatic heterocycles. The Morgan fingerprint density at radius 2 is 1.90 bits per heavy atom. The molecule has 3 aromatic rings. The van der Waals surface area contributed by atoms with Crippen LogP contribution in [0.2, 0.25) is 0 Å². The van der Waals surface area contributed by atoms with Gasteiger partial charge in [0.2, 0.25) is 0 Å².